The predicted octanol–water partition coefficient (Wildman–Crippen LogP) is 0.297. The molecule has 1 aromatic heterocycles. The Labute approximate surface area is 102 Å². The molecule has 0 atom stereocenters. The van der Waals surface area contributed by atoms with Gasteiger partial charge in [0.25, 0.3) is 0 Å². The SMILES string of the molecule is CC(C)OCCS(=O)(=O)NCCc1cnc[nH]1. The van der Waals surface area contributed by atoms with Crippen LogP contribution in [-0.2, 0) is 21.2 Å². The molecule has 98 valence electrons. The third kappa shape index (κ3) is 6.40. The molecule has 0 saturated heterocycles. The van der Waals surface area contributed by atoms with E-state index >= 15 is 0 Å². The van der Waals surface area contributed by atoms with Gasteiger partial charge in [-0.25, -0.2) is 18.1 Å². The zero-order chi connectivity index (χ0) is 12.7. The molecule has 0 spiro atoms. The van der Waals surface area contributed by atoms with Crippen molar-refractivity contribution >= 4 is 10.0 Å². The van der Waals surface area contributed by atoms with Crippen LogP contribution in [0.5, 0.6) is 0 Å². The van der Waals surface area contributed by atoms with Gasteiger partial charge in [0, 0.05) is 24.9 Å². The van der Waals surface area contributed by atoms with E-state index in [-0.39, 0.29) is 18.5 Å². The number of ether oxygens (including phenoxy) is 1. The van der Waals surface area contributed by atoms with Crippen molar-refractivity contribution in [3.8, 4) is 0 Å². The topological polar surface area (TPSA) is 84.1 Å². The number of sulfonamides is 1. The van der Waals surface area contributed by atoms with E-state index in [1.54, 1.807) is 12.5 Å². The van der Waals surface area contributed by atoms with Gasteiger partial charge >= 0.3 is 0 Å². The average Bonchev–Trinajstić information content (AvgIpc) is 2.69. The summed E-state index contributed by atoms with van der Waals surface area (Å²) in [6.07, 6.45) is 3.90. The summed E-state index contributed by atoms with van der Waals surface area (Å²) >= 11 is 0. The van der Waals surface area contributed by atoms with Crippen molar-refractivity contribution in [3.05, 3.63) is 18.2 Å². The Morgan fingerprint density at radius 1 is 1.53 bits per heavy atom. The van der Waals surface area contributed by atoms with Gasteiger partial charge < -0.3 is 9.72 Å². The Morgan fingerprint density at radius 2 is 2.29 bits per heavy atom. The van der Waals surface area contributed by atoms with Gasteiger partial charge in [0.1, 0.15) is 0 Å². The van der Waals surface area contributed by atoms with Gasteiger partial charge in [-0.05, 0) is 13.8 Å². The number of rotatable bonds is 8. The molecule has 0 aliphatic heterocycles. The van der Waals surface area contributed by atoms with Gasteiger partial charge in [-0.15, -0.1) is 0 Å². The Bertz CT molecular complexity index is 400. The van der Waals surface area contributed by atoms with Crippen molar-refractivity contribution in [1.29, 1.82) is 0 Å². The fourth-order valence-electron chi connectivity index (χ4n) is 1.23. The molecular weight excluding hydrogens is 242 g/mol. The zero-order valence-corrected chi connectivity index (χ0v) is 11.0. The maximum absolute atomic E-state index is 11.5. The van der Waals surface area contributed by atoms with Gasteiger partial charge in [0.05, 0.1) is 24.8 Å². The smallest absolute Gasteiger partial charge is 0.213 e. The molecule has 0 bridgehead atoms. The van der Waals surface area contributed by atoms with E-state index in [0.29, 0.717) is 13.0 Å². The van der Waals surface area contributed by atoms with Crippen LogP contribution in [-0.4, -0.2) is 43.4 Å². The molecule has 0 fully saturated rings. The highest BCUT2D eigenvalue weighted by molar-refractivity contribution is 7.89. The molecule has 2 N–H and O–H groups in total. The van der Waals surface area contributed by atoms with E-state index in [2.05, 4.69) is 14.7 Å². The van der Waals surface area contributed by atoms with Crippen LogP contribution in [0.4, 0.5) is 0 Å². The first-order valence-corrected chi connectivity index (χ1v) is 7.21. The standard InChI is InChI=1S/C10H19N3O3S/c1-9(2)16-5-6-17(14,15)13-4-3-10-7-11-8-12-10/h7-9,13H,3-6H2,1-2H3,(H,11,12). The third-order valence-corrected chi connectivity index (χ3v) is 3.42. The fourth-order valence-corrected chi connectivity index (χ4v) is 2.10. The molecule has 6 nitrogen and oxygen atoms in total. The summed E-state index contributed by atoms with van der Waals surface area (Å²) in [7, 11) is -3.24. The lowest BCUT2D eigenvalue weighted by atomic mass is 10.3. The van der Waals surface area contributed by atoms with Gasteiger partial charge in [0.15, 0.2) is 0 Å². The lowest BCUT2D eigenvalue weighted by Crippen LogP contribution is -2.30. The van der Waals surface area contributed by atoms with Crippen LogP contribution < -0.4 is 4.72 Å². The molecule has 0 unspecified atom stereocenters. The highest BCUT2D eigenvalue weighted by Crippen LogP contribution is 1.94. The molecule has 0 saturated carbocycles. The van der Waals surface area contributed by atoms with Crippen LogP contribution >= 0.6 is 0 Å². The van der Waals surface area contributed by atoms with E-state index in [9.17, 15) is 8.42 Å². The molecule has 0 aliphatic carbocycles. The summed E-state index contributed by atoms with van der Waals surface area (Å²) in [5.74, 6) is -0.00580. The van der Waals surface area contributed by atoms with Crippen molar-refractivity contribution in [3.63, 3.8) is 0 Å². The van der Waals surface area contributed by atoms with Crippen molar-refractivity contribution in [2.45, 2.75) is 26.4 Å². The molecule has 0 aliphatic rings. The molecule has 0 aromatic carbocycles. The van der Waals surface area contributed by atoms with Crippen molar-refractivity contribution < 1.29 is 13.2 Å². The number of nitrogens with one attached hydrogen (secondary N) is 2. The van der Waals surface area contributed by atoms with E-state index in [1.165, 1.54) is 0 Å². The summed E-state index contributed by atoms with van der Waals surface area (Å²) in [6, 6.07) is 0. The molecule has 0 radical (unpaired) electrons. The lowest BCUT2D eigenvalue weighted by molar-refractivity contribution is 0.0911. The maximum Gasteiger partial charge on any atom is 0.213 e. The maximum atomic E-state index is 11.5. The Kier molecular flexibility index (Phi) is 5.60. The molecule has 0 amide bonds. The number of hydrogen-bond donors (Lipinski definition) is 2. The van der Waals surface area contributed by atoms with Crippen LogP contribution in [0.3, 0.4) is 0 Å². The summed E-state index contributed by atoms with van der Waals surface area (Å²) in [5.41, 5.74) is 0.908. The number of aromatic nitrogens is 2. The molecule has 17 heavy (non-hydrogen) atoms. The summed E-state index contributed by atoms with van der Waals surface area (Å²) in [4.78, 5) is 6.76. The van der Waals surface area contributed by atoms with Crippen LogP contribution in [0.25, 0.3) is 0 Å². The molecular formula is C10H19N3O3S. The number of H-pyrrole nitrogens is 1. The molecule has 1 rings (SSSR count). The van der Waals surface area contributed by atoms with E-state index in [4.69, 9.17) is 4.74 Å². The van der Waals surface area contributed by atoms with Crippen LogP contribution in [0.15, 0.2) is 12.5 Å². The van der Waals surface area contributed by atoms with Crippen LogP contribution in [0, 0.1) is 0 Å². The first-order chi connectivity index (χ1) is 7.99. The van der Waals surface area contributed by atoms with Crippen molar-refractivity contribution in [1.82, 2.24) is 14.7 Å². The number of aromatic amines is 1. The summed E-state index contributed by atoms with van der Waals surface area (Å²) in [5, 5.41) is 0. The average molecular weight is 261 g/mol. The number of imidazole rings is 1. The van der Waals surface area contributed by atoms with Crippen LogP contribution in [0.2, 0.25) is 0 Å². The highest BCUT2D eigenvalue weighted by Gasteiger charge is 2.09. The van der Waals surface area contributed by atoms with Gasteiger partial charge in [-0.2, -0.15) is 0 Å². The summed E-state index contributed by atoms with van der Waals surface area (Å²) < 4.78 is 30.8. The normalized spacial score (nSPS) is 12.2. The third-order valence-electron chi connectivity index (χ3n) is 2.07. The molecule has 1 aromatic rings. The Morgan fingerprint density at radius 3 is 2.88 bits per heavy atom. The van der Waals surface area contributed by atoms with E-state index in [0.717, 1.165) is 5.69 Å². The molecule has 7 heteroatoms. The fraction of sp³-hybridized carbons (Fsp3) is 0.700. The minimum absolute atomic E-state index is 0.00580. The molecule has 1 heterocycles. The minimum Gasteiger partial charge on any atom is -0.378 e. The van der Waals surface area contributed by atoms with Crippen molar-refractivity contribution in [2.75, 3.05) is 18.9 Å². The second kappa shape index (κ2) is 6.73. The minimum atomic E-state index is -3.24. The number of nitrogens with zero attached hydrogens (tertiary/aromatic N) is 1. The van der Waals surface area contributed by atoms with Gasteiger partial charge in [-0.3, -0.25) is 0 Å². The zero-order valence-electron chi connectivity index (χ0n) is 10.1. The van der Waals surface area contributed by atoms with Gasteiger partial charge in [0.2, 0.25) is 10.0 Å². The monoisotopic (exact) mass is 261 g/mol. The first kappa shape index (κ1) is 14.1. The second-order valence-electron chi connectivity index (χ2n) is 3.96. The Hall–Kier alpha value is -0.920. The second-order valence-corrected chi connectivity index (χ2v) is 5.89. The summed E-state index contributed by atoms with van der Waals surface area (Å²) in [6.45, 7) is 4.33. The Balaban J connectivity index is 2.20. The van der Waals surface area contributed by atoms with Crippen molar-refractivity contribution in [2.24, 2.45) is 0 Å². The van der Waals surface area contributed by atoms with Crippen LogP contribution in [0.1, 0.15) is 19.5 Å². The van der Waals surface area contributed by atoms with Gasteiger partial charge in [-0.1, -0.05) is 0 Å². The van der Waals surface area contributed by atoms with E-state index < -0.39 is 10.0 Å². The highest BCUT2D eigenvalue weighted by atomic mass is 32.2. The number of hydrogen-bond acceptors (Lipinski definition) is 4. The predicted molar refractivity (Wildman–Crippen MR) is 65.2 cm³/mol. The lowest BCUT2D eigenvalue weighted by Gasteiger charge is -2.08. The first-order valence-electron chi connectivity index (χ1n) is 5.56. The quantitative estimate of drug-likeness (QED) is 0.705. The largest absolute Gasteiger partial charge is 0.378 e. The van der Waals surface area contributed by atoms with E-state index in [1.807, 2.05) is 13.8 Å².